The summed E-state index contributed by atoms with van der Waals surface area (Å²) in [6.07, 6.45) is 8.99. The number of rotatable bonds is 27. The van der Waals surface area contributed by atoms with E-state index in [0.29, 0.717) is 83.9 Å². The monoisotopic (exact) mass is 1720 g/mol. The van der Waals surface area contributed by atoms with Crippen LogP contribution in [-0.2, 0) is 35.6 Å². The molecule has 0 bridgehead atoms. The van der Waals surface area contributed by atoms with E-state index in [4.69, 9.17) is 69.2 Å². The number of benzene rings is 4. The fourth-order valence-electron chi connectivity index (χ4n) is 11.7. The average Bonchev–Trinajstić information content (AvgIpc) is 1.70. The molecule has 117 heavy (non-hydrogen) atoms. The van der Waals surface area contributed by atoms with Crippen molar-refractivity contribution in [2.24, 2.45) is 54.4 Å². The lowest BCUT2D eigenvalue weighted by molar-refractivity contribution is -0.119. The number of aliphatic hydroxyl groups is 2. The number of hydrogen-bond acceptors (Lipinski definition) is 18. The van der Waals surface area contributed by atoms with Crippen molar-refractivity contribution >= 4 is 139 Å². The molecule has 0 fully saturated rings. The Kier molecular flexibility index (Phi) is 32.4. The highest BCUT2D eigenvalue weighted by Crippen LogP contribution is 2.35. The number of guanidine groups is 2. The molecule has 2 aliphatic carbocycles. The number of halogens is 5. The van der Waals surface area contributed by atoms with Crippen LogP contribution in [-0.4, -0.2) is 107 Å². The van der Waals surface area contributed by atoms with E-state index in [-0.39, 0.29) is 79.2 Å². The fraction of sp³-hybridized carbons (Fsp3) is 0.268. The number of amides is 4. The van der Waals surface area contributed by atoms with Crippen molar-refractivity contribution in [1.29, 1.82) is 0 Å². The molecule has 0 saturated carbocycles. The van der Waals surface area contributed by atoms with E-state index in [2.05, 4.69) is 85.0 Å². The molecule has 614 valence electrons. The number of hydrogen-bond donors (Lipinski definition) is 14. The Balaban J connectivity index is 0.000000178. The van der Waals surface area contributed by atoms with Crippen LogP contribution in [0.5, 0.6) is 0 Å². The van der Waals surface area contributed by atoms with E-state index >= 15 is 0 Å². The van der Waals surface area contributed by atoms with Crippen LogP contribution >= 0.6 is 80.1 Å². The third-order valence-electron chi connectivity index (χ3n) is 18.0. The zero-order valence-corrected chi connectivity index (χ0v) is 71.0. The number of aromatic amines is 2. The third-order valence-corrected chi connectivity index (χ3v) is 24.1. The molecule has 0 aliphatic heterocycles. The molecule has 6 heterocycles. The molecule has 20 N–H and O–H groups in total. The highest BCUT2D eigenvalue weighted by Gasteiger charge is 2.28. The Bertz CT molecular complexity index is 5300. The predicted molar refractivity (Wildman–Crippen MR) is 467 cm³/mol. The number of H-pyrrole nitrogens is 2. The van der Waals surface area contributed by atoms with E-state index in [1.165, 1.54) is 45.7 Å². The molecule has 2 aliphatic rings. The number of carbonyl (C=O) groups excluding carboxylic acids is 4. The number of amidine groups is 2. The van der Waals surface area contributed by atoms with Gasteiger partial charge in [0.05, 0.1) is 82.1 Å². The van der Waals surface area contributed by atoms with E-state index in [1.807, 2.05) is 75.4 Å². The molecule has 0 radical (unpaired) electrons. The van der Waals surface area contributed by atoms with Gasteiger partial charge in [-0.1, -0.05) is 115 Å². The number of nitrogens with two attached hydrogens (primary N) is 6. The smallest absolute Gasteiger partial charge is 0.269 e. The van der Waals surface area contributed by atoms with Crippen molar-refractivity contribution in [3.63, 3.8) is 0 Å². The van der Waals surface area contributed by atoms with Crippen molar-refractivity contribution in [2.45, 2.75) is 126 Å². The molecule has 4 unspecified atom stereocenters. The first-order valence-electron chi connectivity index (χ1n) is 36.7. The van der Waals surface area contributed by atoms with E-state index in [1.54, 1.807) is 111 Å². The normalized spacial score (nSPS) is 13.5. The van der Waals surface area contributed by atoms with Crippen LogP contribution in [0.4, 0.5) is 8.78 Å². The first-order chi connectivity index (χ1) is 55.8. The maximum atomic E-state index is 13.9. The molecule has 0 saturated heterocycles. The van der Waals surface area contributed by atoms with Gasteiger partial charge in [-0.2, -0.15) is 0 Å². The lowest BCUT2D eigenvalue weighted by Gasteiger charge is -2.15. The Morgan fingerprint density at radius 3 is 1.23 bits per heavy atom. The Hall–Kier alpha value is -11.1. The molecule has 4 amide bonds. The molecular formula is C82H91Cl3F2N20O6S4. The zero-order chi connectivity index (χ0) is 84.9. The minimum atomic E-state index is -0.733. The standard InChI is InChI=1S/C22H26FN5OS.C21H23ClFN5OS.C20H22ClN5O2S.C19H20ClN5O2S/c1-4-19-13(3)27-21(30-19)18(11-26-22(24)25)28-20(29)16-8-7-14(9-16)15-6-5-12(2)17(23)10-15;1-3-18-11(2)27-20(30-18)17(10-26-21(24)25)28-19(29)14-5-4-12(8-14)13-6-7-15(22)16(23)9-13;1-11-18(10-27)29-20(24-11)17(9-23-12(2)22)26-19(28)16-8-7-15(25-16)13-3-5-14(21)6-4-13;1-10-16(9-26)28-19(22-10)17(23-11(2)21)25-18(27)15-8-7-14(24-15)12-3-5-13(20)6-4-12/h5-8,10,18H,4,9,11H2,1-3H3,(H,28,29)(H4,24,25,26);4-7,9,17H,3,8,10H2,1-2H3,(H,28,29)(H4,24,25,26);3-8,17,25,27H,9-10H2,1-2H3,(H2,22,23)(H,26,28);3-8,17,24,26H,9H2,1-2H3,(H2,21,23)(H,25,27). The molecule has 4 aromatic carbocycles. The summed E-state index contributed by atoms with van der Waals surface area (Å²) < 4.78 is 27.7. The number of thiazole rings is 4. The van der Waals surface area contributed by atoms with Gasteiger partial charge in [-0.3, -0.25) is 34.2 Å². The highest BCUT2D eigenvalue weighted by molar-refractivity contribution is 7.12. The van der Waals surface area contributed by atoms with Crippen molar-refractivity contribution in [1.82, 2.24) is 51.2 Å². The number of aliphatic hydroxyl groups excluding tert-OH is 2. The highest BCUT2D eigenvalue weighted by atomic mass is 35.5. The SMILES string of the molecule is CC(N)=NC(NC(=O)c1ccc(-c2ccc(Cl)cc2)[nH]1)c1nc(C)c(CO)s1.CC(N)=NCC(NC(=O)c1ccc(-c2ccc(Cl)cc2)[nH]1)c1nc(C)c(CO)s1.CCc1sc(C(CN=C(N)N)NC(=O)C2=CC=C(c3ccc(C)c(F)c3)C2)nc1C.CCc1sc(C(CN=C(N)N)NC(=O)C2=CC=C(c3ccc(Cl)c(F)c3)C2)nc1C. The second-order valence-corrected chi connectivity index (χ2v) is 32.5. The summed E-state index contributed by atoms with van der Waals surface area (Å²) in [5.74, 6) is -1.16. The minimum Gasteiger partial charge on any atom is -0.391 e. The third kappa shape index (κ3) is 25.2. The summed E-state index contributed by atoms with van der Waals surface area (Å²) in [4.78, 5) is 96.1. The molecule has 12 rings (SSSR count). The second kappa shape index (κ2) is 42.2. The van der Waals surface area contributed by atoms with Crippen molar-refractivity contribution in [3.05, 3.63) is 262 Å². The Labute approximate surface area is 706 Å². The maximum absolute atomic E-state index is 13.9. The van der Waals surface area contributed by atoms with Gasteiger partial charge < -0.3 is 75.9 Å². The average molecular weight is 1730 g/mol. The quantitative estimate of drug-likeness (QED) is 0.0168. The molecule has 10 aromatic rings. The van der Waals surface area contributed by atoms with E-state index < -0.39 is 30.1 Å². The molecule has 6 aromatic heterocycles. The first-order valence-corrected chi connectivity index (χ1v) is 41.1. The molecule has 35 heteroatoms. The van der Waals surface area contributed by atoms with Crippen LogP contribution in [0.15, 0.2) is 165 Å². The lowest BCUT2D eigenvalue weighted by atomic mass is 10.0. The number of nitrogens with one attached hydrogen (secondary N) is 6. The van der Waals surface area contributed by atoms with Crippen LogP contribution in [0, 0.1) is 46.3 Å². The second-order valence-electron chi connectivity index (χ2n) is 26.8. The predicted octanol–water partition coefficient (Wildman–Crippen LogP) is 13.8. The fourth-order valence-corrected chi connectivity index (χ4v) is 16.0. The van der Waals surface area contributed by atoms with Gasteiger partial charge in [0.25, 0.3) is 11.8 Å². The first kappa shape index (κ1) is 89.9. The minimum absolute atomic E-state index is 0.0383. The number of aryl methyl sites for hydroxylation is 7. The zero-order valence-electron chi connectivity index (χ0n) is 65.5. The summed E-state index contributed by atoms with van der Waals surface area (Å²) in [6, 6.07) is 30.1. The Morgan fingerprint density at radius 1 is 0.470 bits per heavy atom. The van der Waals surface area contributed by atoms with Gasteiger partial charge in [-0.15, -0.1) is 45.3 Å². The summed E-state index contributed by atoms with van der Waals surface area (Å²) in [5.41, 5.74) is 45.9. The molecule has 4 atom stereocenters. The summed E-state index contributed by atoms with van der Waals surface area (Å²) >= 11 is 23.3. The van der Waals surface area contributed by atoms with Crippen LogP contribution in [0.2, 0.25) is 15.1 Å². The molecular weight excluding hydrogens is 1630 g/mol. The van der Waals surface area contributed by atoms with Crippen molar-refractivity contribution in [3.8, 4) is 22.5 Å². The number of carbonyl (C=O) groups is 4. The maximum Gasteiger partial charge on any atom is 0.269 e. The van der Waals surface area contributed by atoms with Crippen LogP contribution < -0.4 is 55.7 Å². The molecule has 0 spiro atoms. The van der Waals surface area contributed by atoms with Crippen molar-refractivity contribution < 1.29 is 38.2 Å². The van der Waals surface area contributed by atoms with Crippen LogP contribution in [0.1, 0.15) is 165 Å². The van der Waals surface area contributed by atoms with Crippen molar-refractivity contribution in [2.75, 3.05) is 19.6 Å². The van der Waals surface area contributed by atoms with Crippen LogP contribution in [0.25, 0.3) is 33.7 Å². The summed E-state index contributed by atoms with van der Waals surface area (Å²) in [5, 5.41) is 34.7. The Morgan fingerprint density at radius 2 is 0.846 bits per heavy atom. The van der Waals surface area contributed by atoms with Crippen LogP contribution in [0.3, 0.4) is 0 Å². The lowest BCUT2D eigenvalue weighted by Crippen LogP contribution is -2.33. The number of aromatic nitrogens is 6. The largest absolute Gasteiger partial charge is 0.391 e. The van der Waals surface area contributed by atoms with E-state index in [9.17, 15) is 38.2 Å². The van der Waals surface area contributed by atoms with Gasteiger partial charge >= 0.3 is 0 Å². The van der Waals surface area contributed by atoms with Gasteiger partial charge in [0.15, 0.2) is 18.1 Å². The number of nitrogens with zero attached hydrogens (tertiary/aromatic N) is 8. The summed E-state index contributed by atoms with van der Waals surface area (Å²) in [7, 11) is 0. The van der Waals surface area contributed by atoms with Gasteiger partial charge in [0.2, 0.25) is 11.8 Å². The van der Waals surface area contributed by atoms with Gasteiger partial charge in [0.1, 0.15) is 61.2 Å². The van der Waals surface area contributed by atoms with Gasteiger partial charge in [-0.25, -0.2) is 33.7 Å². The summed E-state index contributed by atoms with van der Waals surface area (Å²) in [6.45, 7) is 17.2. The van der Waals surface area contributed by atoms with Gasteiger partial charge in [-0.05, 0) is 167 Å². The molecule has 26 nitrogen and oxygen atoms in total. The van der Waals surface area contributed by atoms with E-state index in [0.717, 1.165) is 93.8 Å². The number of allylic oxidation sites excluding steroid dienone is 6. The number of aliphatic imine (C=N–C) groups is 4. The topological polar surface area (TPSA) is 446 Å². The van der Waals surface area contributed by atoms with Gasteiger partial charge in [0, 0.05) is 55.2 Å².